The van der Waals surface area contributed by atoms with Crippen LogP contribution in [0.4, 0.5) is 17.1 Å². The van der Waals surface area contributed by atoms with Crippen LogP contribution in [-0.4, -0.2) is 57.6 Å². The number of rotatable bonds is 8. The number of hydrogen-bond donors (Lipinski definition) is 2. The van der Waals surface area contributed by atoms with E-state index >= 15 is 0 Å². The average Bonchev–Trinajstić information content (AvgIpc) is 3.21. The van der Waals surface area contributed by atoms with Crippen molar-refractivity contribution in [2.24, 2.45) is 0 Å². The van der Waals surface area contributed by atoms with E-state index in [9.17, 15) is 9.59 Å². The number of likely N-dealkylation sites (tertiary alicyclic amines) is 1. The Morgan fingerprint density at radius 1 is 1.06 bits per heavy atom. The molecule has 2 amide bonds. The SMILES string of the molecule is CC/C(Nc1ccc(N(C)C(=O)CN2CCCCC2)cc1)=C1/C(=O)Nc2cc(OC)c(OC)cc21. The number of hydrogen-bond acceptors (Lipinski definition) is 6. The highest BCUT2D eigenvalue weighted by molar-refractivity contribution is 6.32. The summed E-state index contributed by atoms with van der Waals surface area (Å²) >= 11 is 0. The Morgan fingerprint density at radius 2 is 1.71 bits per heavy atom. The molecule has 2 aliphatic heterocycles. The Morgan fingerprint density at radius 3 is 2.34 bits per heavy atom. The number of fused-ring (bicyclic) bond motifs is 1. The normalized spacial score (nSPS) is 16.9. The molecule has 0 unspecified atom stereocenters. The predicted molar refractivity (Wildman–Crippen MR) is 139 cm³/mol. The molecule has 8 nitrogen and oxygen atoms in total. The van der Waals surface area contributed by atoms with Crippen molar-refractivity contribution in [2.45, 2.75) is 32.6 Å². The molecule has 0 saturated carbocycles. The van der Waals surface area contributed by atoms with Gasteiger partial charge in [0.2, 0.25) is 5.91 Å². The Kier molecular flexibility index (Phi) is 7.60. The predicted octanol–water partition coefficient (Wildman–Crippen LogP) is 4.34. The summed E-state index contributed by atoms with van der Waals surface area (Å²) in [6.07, 6.45) is 4.21. The van der Waals surface area contributed by atoms with Crippen LogP contribution in [0.15, 0.2) is 42.1 Å². The summed E-state index contributed by atoms with van der Waals surface area (Å²) in [5.74, 6) is 1.05. The van der Waals surface area contributed by atoms with Crippen molar-refractivity contribution in [1.29, 1.82) is 0 Å². The first-order valence-electron chi connectivity index (χ1n) is 12.1. The van der Waals surface area contributed by atoms with Crippen LogP contribution in [0.5, 0.6) is 11.5 Å². The van der Waals surface area contributed by atoms with Crippen LogP contribution in [-0.2, 0) is 9.59 Å². The lowest BCUT2D eigenvalue weighted by atomic mass is 10.0. The number of carbonyl (C=O) groups excluding carboxylic acids is 2. The second-order valence-electron chi connectivity index (χ2n) is 8.88. The summed E-state index contributed by atoms with van der Waals surface area (Å²) in [5, 5.41) is 6.33. The van der Waals surface area contributed by atoms with Gasteiger partial charge in [0.1, 0.15) is 0 Å². The molecule has 0 aliphatic carbocycles. The van der Waals surface area contributed by atoms with Gasteiger partial charge in [-0.25, -0.2) is 0 Å². The number of anilines is 3. The van der Waals surface area contributed by atoms with E-state index in [1.54, 1.807) is 25.2 Å². The quantitative estimate of drug-likeness (QED) is 0.550. The highest BCUT2D eigenvalue weighted by atomic mass is 16.5. The molecule has 2 heterocycles. The summed E-state index contributed by atoms with van der Waals surface area (Å²) in [7, 11) is 4.96. The van der Waals surface area contributed by atoms with Crippen molar-refractivity contribution < 1.29 is 19.1 Å². The second-order valence-corrected chi connectivity index (χ2v) is 8.88. The van der Waals surface area contributed by atoms with Gasteiger partial charge in [-0.3, -0.25) is 14.5 Å². The van der Waals surface area contributed by atoms with Crippen molar-refractivity contribution >= 4 is 34.4 Å². The number of allylic oxidation sites excluding steroid dienone is 1. The van der Waals surface area contributed by atoms with Crippen molar-refractivity contribution in [3.8, 4) is 11.5 Å². The zero-order valence-electron chi connectivity index (χ0n) is 20.9. The highest BCUT2D eigenvalue weighted by Gasteiger charge is 2.29. The maximum absolute atomic E-state index is 12.9. The number of likely N-dealkylation sites (N-methyl/N-ethyl adjacent to an activating group) is 1. The molecule has 0 atom stereocenters. The van der Waals surface area contributed by atoms with Gasteiger partial charge < -0.3 is 25.0 Å². The maximum Gasteiger partial charge on any atom is 0.258 e. The lowest BCUT2D eigenvalue weighted by molar-refractivity contribution is -0.119. The zero-order valence-corrected chi connectivity index (χ0v) is 20.9. The molecule has 1 saturated heterocycles. The molecule has 186 valence electrons. The Balaban J connectivity index is 1.52. The van der Waals surface area contributed by atoms with Gasteiger partial charge in [0.25, 0.3) is 5.91 Å². The van der Waals surface area contributed by atoms with E-state index in [1.807, 2.05) is 44.3 Å². The summed E-state index contributed by atoms with van der Waals surface area (Å²) in [5.41, 5.74) is 4.54. The number of nitrogens with zero attached hydrogens (tertiary/aromatic N) is 2. The number of nitrogens with one attached hydrogen (secondary N) is 2. The summed E-state index contributed by atoms with van der Waals surface area (Å²) in [4.78, 5) is 29.5. The third-order valence-corrected chi connectivity index (χ3v) is 6.66. The summed E-state index contributed by atoms with van der Waals surface area (Å²) in [6, 6.07) is 11.3. The molecule has 8 heteroatoms. The lowest BCUT2D eigenvalue weighted by Crippen LogP contribution is -2.40. The van der Waals surface area contributed by atoms with Gasteiger partial charge >= 0.3 is 0 Å². The molecule has 0 aromatic heterocycles. The third kappa shape index (κ3) is 5.27. The van der Waals surface area contributed by atoms with E-state index in [2.05, 4.69) is 15.5 Å². The van der Waals surface area contributed by atoms with Gasteiger partial charge in [0.05, 0.1) is 32.0 Å². The minimum Gasteiger partial charge on any atom is -0.493 e. The molecule has 4 rings (SSSR count). The van der Waals surface area contributed by atoms with Crippen LogP contribution < -0.4 is 25.0 Å². The molecular formula is C27H34N4O4. The number of amides is 2. The van der Waals surface area contributed by atoms with Crippen LogP contribution in [0.1, 0.15) is 38.2 Å². The van der Waals surface area contributed by atoms with Crippen LogP contribution in [0.3, 0.4) is 0 Å². The van der Waals surface area contributed by atoms with Gasteiger partial charge in [-0.15, -0.1) is 0 Å². The van der Waals surface area contributed by atoms with E-state index in [4.69, 9.17) is 9.47 Å². The summed E-state index contributed by atoms with van der Waals surface area (Å²) in [6.45, 7) is 4.44. The van der Waals surface area contributed by atoms with Gasteiger partial charge in [0, 0.05) is 35.7 Å². The smallest absolute Gasteiger partial charge is 0.258 e. The largest absolute Gasteiger partial charge is 0.493 e. The van der Waals surface area contributed by atoms with E-state index in [-0.39, 0.29) is 11.8 Å². The van der Waals surface area contributed by atoms with E-state index in [0.717, 1.165) is 48.6 Å². The number of methoxy groups -OCH3 is 2. The van der Waals surface area contributed by atoms with Crippen molar-refractivity contribution in [3.63, 3.8) is 0 Å². The third-order valence-electron chi connectivity index (χ3n) is 6.66. The number of carbonyl (C=O) groups is 2. The highest BCUT2D eigenvalue weighted by Crippen LogP contribution is 2.42. The van der Waals surface area contributed by atoms with E-state index in [0.29, 0.717) is 35.7 Å². The zero-order chi connectivity index (χ0) is 24.9. The molecule has 0 radical (unpaired) electrons. The standard InChI is InChI=1S/C27H34N4O4/c1-5-21(26-20-15-23(34-3)24(35-4)16-22(20)29-27(26)33)28-18-9-11-19(12-10-18)30(2)25(32)17-31-13-7-6-8-14-31/h9-12,15-16,28H,5-8,13-14,17H2,1-4H3,(H,29,33)/b26-21-. The number of ether oxygens (including phenoxy) is 2. The second kappa shape index (κ2) is 10.8. The van der Waals surface area contributed by atoms with Crippen LogP contribution in [0, 0.1) is 0 Å². The first-order chi connectivity index (χ1) is 16.9. The van der Waals surface area contributed by atoms with Gasteiger partial charge in [-0.05, 0) is 62.7 Å². The maximum atomic E-state index is 12.9. The van der Waals surface area contributed by atoms with Crippen LogP contribution >= 0.6 is 0 Å². The van der Waals surface area contributed by atoms with Crippen molar-refractivity contribution in [1.82, 2.24) is 4.90 Å². The Bertz CT molecular complexity index is 1120. The molecule has 0 spiro atoms. The lowest BCUT2D eigenvalue weighted by Gasteiger charge is -2.28. The van der Waals surface area contributed by atoms with E-state index < -0.39 is 0 Å². The molecule has 0 bridgehead atoms. The fraction of sp³-hybridized carbons (Fsp3) is 0.407. The molecule has 2 aliphatic rings. The van der Waals surface area contributed by atoms with Crippen LogP contribution in [0.25, 0.3) is 5.57 Å². The first kappa shape index (κ1) is 24.6. The minimum absolute atomic E-state index is 0.0904. The molecule has 2 N–H and O–H groups in total. The van der Waals surface area contributed by atoms with E-state index in [1.165, 1.54) is 6.42 Å². The summed E-state index contributed by atoms with van der Waals surface area (Å²) < 4.78 is 10.8. The molecule has 2 aromatic rings. The fourth-order valence-corrected chi connectivity index (χ4v) is 4.63. The first-order valence-corrected chi connectivity index (χ1v) is 12.1. The van der Waals surface area contributed by atoms with Gasteiger partial charge in [-0.2, -0.15) is 0 Å². The molecule has 1 fully saturated rings. The fourth-order valence-electron chi connectivity index (χ4n) is 4.63. The average molecular weight is 479 g/mol. The molecule has 2 aromatic carbocycles. The van der Waals surface area contributed by atoms with Crippen molar-refractivity contribution in [3.05, 3.63) is 47.7 Å². The number of piperidine rings is 1. The van der Waals surface area contributed by atoms with Crippen LogP contribution in [0.2, 0.25) is 0 Å². The molecule has 35 heavy (non-hydrogen) atoms. The van der Waals surface area contributed by atoms with Gasteiger partial charge in [-0.1, -0.05) is 13.3 Å². The van der Waals surface area contributed by atoms with Crippen molar-refractivity contribution in [2.75, 3.05) is 56.4 Å². The monoisotopic (exact) mass is 478 g/mol. The molecular weight excluding hydrogens is 444 g/mol. The minimum atomic E-state index is -0.167. The Labute approximate surface area is 206 Å². The van der Waals surface area contributed by atoms with Gasteiger partial charge in [0.15, 0.2) is 11.5 Å². The number of benzene rings is 2. The Hall–Kier alpha value is -3.52. The topological polar surface area (TPSA) is 83.1 Å².